The van der Waals surface area contributed by atoms with Crippen LogP contribution in [-0.4, -0.2) is 103 Å². The fourth-order valence-electron chi connectivity index (χ4n) is 8.80. The highest BCUT2D eigenvalue weighted by Crippen LogP contribution is 2.65. The quantitative estimate of drug-likeness (QED) is 0.195. The Balaban J connectivity index is 1.33. The number of Topliss-reactive ketones (excluding diaryl/α,β-unsaturated/α-hetero) is 1. The molecule has 5 rings (SSSR count). The average molecular weight is 750 g/mol. The topological polar surface area (TPSA) is 180 Å². The van der Waals surface area contributed by atoms with E-state index in [1.807, 2.05) is 27.7 Å². The lowest BCUT2D eigenvalue weighted by Gasteiger charge is -2.42. The fraction of sp³-hybridized carbons (Fsp3) is 0.868. The largest absolute Gasteiger partial charge is 0.381 e. The minimum atomic E-state index is -3.62. The molecule has 2 heterocycles. The number of rotatable bonds is 14. The maximum Gasteiger partial charge on any atom is 0.315 e. The van der Waals surface area contributed by atoms with Gasteiger partial charge in [0.05, 0.1) is 22.1 Å². The van der Waals surface area contributed by atoms with E-state index in [-0.39, 0.29) is 29.0 Å². The zero-order valence-corrected chi connectivity index (χ0v) is 33.2. The lowest BCUT2D eigenvalue weighted by atomic mass is 9.83. The maximum absolute atomic E-state index is 14.6. The third kappa shape index (κ3) is 8.63. The summed E-state index contributed by atoms with van der Waals surface area (Å²) in [5, 5.41) is 11.6. The van der Waals surface area contributed by atoms with Gasteiger partial charge in [0.25, 0.3) is 5.91 Å². The van der Waals surface area contributed by atoms with E-state index in [0.717, 1.165) is 38.5 Å². The second-order valence-electron chi connectivity index (χ2n) is 18.3. The number of hydrogen-bond acceptors (Lipinski definition) is 8. The van der Waals surface area contributed by atoms with Crippen LogP contribution in [0.15, 0.2) is 0 Å². The summed E-state index contributed by atoms with van der Waals surface area (Å²) in [7, 11) is -3.62. The summed E-state index contributed by atoms with van der Waals surface area (Å²) in [6.45, 7) is 14.5. The normalized spacial score (nSPS) is 27.4. The van der Waals surface area contributed by atoms with Crippen LogP contribution in [-0.2, 0) is 33.8 Å². The number of nitrogens with one attached hydrogen (secondary N) is 4. The van der Waals surface area contributed by atoms with E-state index in [9.17, 15) is 32.4 Å². The molecule has 294 valence electrons. The molecule has 13 nitrogen and oxygen atoms in total. The van der Waals surface area contributed by atoms with Crippen LogP contribution in [0.1, 0.15) is 126 Å². The van der Waals surface area contributed by atoms with Crippen molar-refractivity contribution < 1.29 is 37.1 Å². The molecule has 3 saturated carbocycles. The Bertz CT molecular complexity index is 1490. The van der Waals surface area contributed by atoms with Crippen LogP contribution in [0.2, 0.25) is 0 Å². The van der Waals surface area contributed by atoms with E-state index in [1.54, 1.807) is 11.8 Å². The maximum atomic E-state index is 14.6. The van der Waals surface area contributed by atoms with Gasteiger partial charge in [-0.15, -0.1) is 0 Å². The molecule has 5 fully saturated rings. The molecule has 2 saturated heterocycles. The van der Waals surface area contributed by atoms with Gasteiger partial charge in [-0.05, 0) is 74.5 Å². The van der Waals surface area contributed by atoms with E-state index in [4.69, 9.17) is 4.74 Å². The molecule has 0 bridgehead atoms. The molecule has 5 atom stereocenters. The monoisotopic (exact) mass is 749 g/mol. The van der Waals surface area contributed by atoms with E-state index < -0.39 is 73.2 Å². The molecule has 4 N–H and O–H groups in total. The average Bonchev–Trinajstić information content (AvgIpc) is 3.92. The molecule has 3 unspecified atom stereocenters. The van der Waals surface area contributed by atoms with Gasteiger partial charge in [0.15, 0.2) is 9.84 Å². The number of likely N-dealkylation sites (tertiary alicyclic amines) is 1. The molecule has 2 aliphatic heterocycles. The standard InChI is InChI=1S/C38H63N5O8S/c1-8-9-13-26(29(44)32(46)39-24-14-15-24)40-31(45)28-27-25(36(27,5)6)22-43(28)33(47)30(35(2,3)4)41-34(48)42-38(16-11-10-12-17-38)23-52(49,50)37(7)18-20-51-21-19-37/h24-28,30H,8-23H2,1-7H3,(H,39,46)(H,40,45)(H2,41,42,48)/t25?,26?,27?,28-,30-/m1/s1. The molecule has 52 heavy (non-hydrogen) atoms. The molecular weight excluding hydrogens is 687 g/mol. The predicted octanol–water partition coefficient (Wildman–Crippen LogP) is 3.39. The van der Waals surface area contributed by atoms with Gasteiger partial charge in [0.2, 0.25) is 17.6 Å². The molecule has 5 amide bonds. The lowest BCUT2D eigenvalue weighted by molar-refractivity contribution is -0.145. The van der Waals surface area contributed by atoms with Crippen molar-refractivity contribution >= 4 is 39.4 Å². The molecule has 0 aromatic carbocycles. The molecule has 0 aromatic heterocycles. The van der Waals surface area contributed by atoms with Crippen molar-refractivity contribution in [2.24, 2.45) is 22.7 Å². The third-order valence-corrected chi connectivity index (χ3v) is 15.6. The first kappa shape index (κ1) is 40.4. The van der Waals surface area contributed by atoms with Gasteiger partial charge in [-0.3, -0.25) is 19.2 Å². The summed E-state index contributed by atoms with van der Waals surface area (Å²) < 4.78 is 32.3. The van der Waals surface area contributed by atoms with E-state index >= 15 is 0 Å². The first-order valence-electron chi connectivity index (χ1n) is 19.6. The van der Waals surface area contributed by atoms with Crippen molar-refractivity contribution in [1.29, 1.82) is 0 Å². The van der Waals surface area contributed by atoms with Crippen LogP contribution < -0.4 is 21.3 Å². The van der Waals surface area contributed by atoms with E-state index in [0.29, 0.717) is 58.3 Å². The van der Waals surface area contributed by atoms with Gasteiger partial charge < -0.3 is 30.9 Å². The Kier molecular flexibility index (Phi) is 11.8. The highest BCUT2D eigenvalue weighted by Gasteiger charge is 2.70. The number of nitrogens with zero attached hydrogens (tertiary/aromatic N) is 1. The minimum absolute atomic E-state index is 0.00152. The molecule has 0 aromatic rings. The number of unbranched alkanes of at least 4 members (excludes halogenated alkanes) is 1. The van der Waals surface area contributed by atoms with E-state index in [1.165, 1.54) is 0 Å². The zero-order chi connectivity index (χ0) is 38.3. The van der Waals surface area contributed by atoms with Gasteiger partial charge in [-0.1, -0.05) is 73.6 Å². The summed E-state index contributed by atoms with van der Waals surface area (Å²) in [6, 6.07) is -3.52. The van der Waals surface area contributed by atoms with Crippen LogP contribution in [0.25, 0.3) is 0 Å². The van der Waals surface area contributed by atoms with Gasteiger partial charge in [0, 0.05) is 25.8 Å². The number of urea groups is 1. The summed E-state index contributed by atoms with van der Waals surface area (Å²) in [5.74, 6) is -2.50. The highest BCUT2D eigenvalue weighted by atomic mass is 32.2. The number of fused-ring (bicyclic) bond motifs is 1. The van der Waals surface area contributed by atoms with Gasteiger partial charge in [-0.25, -0.2) is 13.2 Å². The molecular formula is C38H63N5O8S. The SMILES string of the molecule is CCCCC(NC(=O)[C@H]1C2C(CN1C(=O)[C@@H](NC(=O)NC1(CS(=O)(=O)C3(C)CCOCC3)CCCCC1)C(C)(C)C)C2(C)C)C(=O)C(=O)NC1CC1. The van der Waals surface area contributed by atoms with Crippen molar-refractivity contribution in [2.45, 2.75) is 160 Å². The molecule has 0 spiro atoms. The van der Waals surface area contributed by atoms with Crippen molar-refractivity contribution in [3.8, 4) is 0 Å². The van der Waals surface area contributed by atoms with Gasteiger partial charge in [0.1, 0.15) is 12.1 Å². The first-order chi connectivity index (χ1) is 24.3. The second kappa shape index (κ2) is 15.2. The smallest absolute Gasteiger partial charge is 0.315 e. The van der Waals surface area contributed by atoms with Crippen molar-refractivity contribution in [3.63, 3.8) is 0 Å². The fourth-order valence-corrected chi connectivity index (χ4v) is 11.0. The zero-order valence-electron chi connectivity index (χ0n) is 32.4. The highest BCUT2D eigenvalue weighted by molar-refractivity contribution is 7.92. The Morgan fingerprint density at radius 2 is 1.56 bits per heavy atom. The Hall–Kier alpha value is -2.74. The molecule has 0 radical (unpaired) electrons. The lowest BCUT2D eigenvalue weighted by Crippen LogP contribution is -2.64. The Morgan fingerprint density at radius 1 is 0.923 bits per heavy atom. The van der Waals surface area contributed by atoms with Crippen molar-refractivity contribution in [2.75, 3.05) is 25.5 Å². The van der Waals surface area contributed by atoms with Crippen LogP contribution in [0.3, 0.4) is 0 Å². The Labute approximate surface area is 310 Å². The van der Waals surface area contributed by atoms with Crippen LogP contribution in [0.4, 0.5) is 4.79 Å². The van der Waals surface area contributed by atoms with Gasteiger partial charge >= 0.3 is 6.03 Å². The number of amides is 5. The van der Waals surface area contributed by atoms with Crippen LogP contribution in [0, 0.1) is 22.7 Å². The third-order valence-electron chi connectivity index (χ3n) is 12.7. The van der Waals surface area contributed by atoms with Crippen LogP contribution in [0.5, 0.6) is 0 Å². The predicted molar refractivity (Wildman–Crippen MR) is 197 cm³/mol. The van der Waals surface area contributed by atoms with Crippen LogP contribution >= 0.6 is 0 Å². The Morgan fingerprint density at radius 3 is 2.13 bits per heavy atom. The second-order valence-corrected chi connectivity index (χ2v) is 20.8. The van der Waals surface area contributed by atoms with Crippen molar-refractivity contribution in [1.82, 2.24) is 26.2 Å². The number of ether oxygens (including phenoxy) is 1. The number of sulfone groups is 1. The summed E-state index contributed by atoms with van der Waals surface area (Å²) in [5.41, 5.74) is -1.94. The number of carbonyl (C=O) groups is 5. The minimum Gasteiger partial charge on any atom is -0.381 e. The molecule has 14 heteroatoms. The van der Waals surface area contributed by atoms with E-state index in [2.05, 4.69) is 35.1 Å². The number of hydrogen-bond donors (Lipinski definition) is 4. The number of piperidine rings is 1. The molecule has 3 aliphatic carbocycles. The number of carbonyl (C=O) groups excluding carboxylic acids is 5. The summed E-state index contributed by atoms with van der Waals surface area (Å²) in [4.78, 5) is 70.2. The summed E-state index contributed by atoms with van der Waals surface area (Å²) in [6.07, 6.45) is 7.75. The molecule has 5 aliphatic rings. The first-order valence-corrected chi connectivity index (χ1v) is 21.2. The van der Waals surface area contributed by atoms with Crippen molar-refractivity contribution in [3.05, 3.63) is 0 Å². The number of ketones is 1. The van der Waals surface area contributed by atoms with Gasteiger partial charge in [-0.2, -0.15) is 0 Å². The summed E-state index contributed by atoms with van der Waals surface area (Å²) >= 11 is 0.